The van der Waals surface area contributed by atoms with Gasteiger partial charge in [0.05, 0.1) is 11.2 Å². The second-order valence-electron chi connectivity index (χ2n) is 4.02. The fourth-order valence-corrected chi connectivity index (χ4v) is 2.18. The number of aliphatic hydroxyl groups excluding tert-OH is 1. The molecule has 1 N–H and O–H groups in total. The molecule has 3 atom stereocenters. The third kappa shape index (κ3) is 0.861. The molecule has 2 bridgehead atoms. The summed E-state index contributed by atoms with van der Waals surface area (Å²) in [6, 6.07) is 0. The van der Waals surface area contributed by atoms with E-state index in [-0.39, 0.29) is 23.7 Å². The average molecular weight is 154 g/mol. The predicted molar refractivity (Wildman–Crippen MR) is 42.2 cm³/mol. The Hall–Kier alpha value is -0.340. The van der Waals surface area contributed by atoms with Gasteiger partial charge in [0, 0.05) is 12.5 Å². The van der Waals surface area contributed by atoms with Gasteiger partial charge in [-0.05, 0) is 20.3 Å². The highest BCUT2D eigenvalue weighted by atomic mass is 16.5. The van der Waals surface area contributed by atoms with Crippen LogP contribution < -0.4 is 0 Å². The van der Waals surface area contributed by atoms with Crippen LogP contribution in [0.1, 0.15) is 20.3 Å². The molecule has 0 amide bonds. The summed E-state index contributed by atoms with van der Waals surface area (Å²) in [5.74, 6) is 0.289. The highest BCUT2D eigenvalue weighted by Gasteiger charge is 2.52. The maximum atomic E-state index is 9.05. The van der Waals surface area contributed by atoms with Crippen LogP contribution in [0.2, 0.25) is 0 Å². The van der Waals surface area contributed by atoms with Crippen molar-refractivity contribution in [2.75, 3.05) is 6.61 Å². The van der Waals surface area contributed by atoms with E-state index in [1.807, 2.05) is 6.92 Å². The molecule has 0 aromatic carbocycles. The van der Waals surface area contributed by atoms with Gasteiger partial charge in [-0.3, -0.25) is 0 Å². The van der Waals surface area contributed by atoms with Crippen LogP contribution >= 0.6 is 0 Å². The molecule has 1 saturated heterocycles. The molecule has 0 unspecified atom stereocenters. The molecule has 0 radical (unpaired) electrons. The monoisotopic (exact) mass is 154 g/mol. The second-order valence-corrected chi connectivity index (χ2v) is 4.02. The minimum atomic E-state index is -0.191. The van der Waals surface area contributed by atoms with Gasteiger partial charge < -0.3 is 9.84 Å². The molecule has 11 heavy (non-hydrogen) atoms. The van der Waals surface area contributed by atoms with Crippen molar-refractivity contribution in [2.24, 2.45) is 5.92 Å². The zero-order valence-electron chi connectivity index (χ0n) is 7.00. The molecule has 2 aliphatic heterocycles. The summed E-state index contributed by atoms with van der Waals surface area (Å²) in [4.78, 5) is 0. The van der Waals surface area contributed by atoms with Crippen molar-refractivity contribution < 1.29 is 9.84 Å². The molecule has 0 saturated carbocycles. The average Bonchev–Trinajstić information content (AvgIpc) is 2.36. The first-order valence-electron chi connectivity index (χ1n) is 4.09. The molecule has 2 aliphatic rings. The summed E-state index contributed by atoms with van der Waals surface area (Å²) in [7, 11) is 0. The topological polar surface area (TPSA) is 29.5 Å². The number of ether oxygens (including phenoxy) is 1. The van der Waals surface area contributed by atoms with Gasteiger partial charge >= 0.3 is 0 Å². The van der Waals surface area contributed by atoms with Gasteiger partial charge in [-0.1, -0.05) is 12.2 Å². The number of fused-ring (bicyclic) bond motifs is 2. The molecule has 1 fully saturated rings. The Morgan fingerprint density at radius 2 is 2.27 bits per heavy atom. The third-order valence-corrected chi connectivity index (χ3v) is 2.90. The van der Waals surface area contributed by atoms with Crippen molar-refractivity contribution in [3.63, 3.8) is 0 Å². The Morgan fingerprint density at radius 3 is 2.55 bits per heavy atom. The SMILES string of the molecule is C[C@]12C=C[C@](C)(O1)[C@H](CO)C2. The lowest BCUT2D eigenvalue weighted by molar-refractivity contribution is -0.0268. The number of hydrogen-bond donors (Lipinski definition) is 1. The van der Waals surface area contributed by atoms with Crippen molar-refractivity contribution in [1.29, 1.82) is 0 Å². The Morgan fingerprint density at radius 1 is 1.55 bits per heavy atom. The quantitative estimate of drug-likeness (QED) is 0.573. The van der Waals surface area contributed by atoms with Crippen LogP contribution in [0.25, 0.3) is 0 Å². The van der Waals surface area contributed by atoms with Crippen LogP contribution in [-0.2, 0) is 4.74 Å². The minimum Gasteiger partial charge on any atom is -0.396 e. The molecular weight excluding hydrogens is 140 g/mol. The summed E-state index contributed by atoms with van der Waals surface area (Å²) in [5.41, 5.74) is -0.286. The lowest BCUT2D eigenvalue weighted by Crippen LogP contribution is -2.30. The van der Waals surface area contributed by atoms with Crippen LogP contribution in [-0.4, -0.2) is 22.9 Å². The van der Waals surface area contributed by atoms with Gasteiger partial charge in [0.25, 0.3) is 0 Å². The molecule has 0 aliphatic carbocycles. The van der Waals surface area contributed by atoms with E-state index >= 15 is 0 Å². The first-order chi connectivity index (χ1) is 5.08. The molecule has 2 heterocycles. The van der Waals surface area contributed by atoms with E-state index in [0.717, 1.165) is 6.42 Å². The molecule has 2 nitrogen and oxygen atoms in total. The highest BCUT2D eigenvalue weighted by molar-refractivity contribution is 5.23. The summed E-state index contributed by atoms with van der Waals surface area (Å²) in [6.45, 7) is 4.35. The Bertz CT molecular complexity index is 212. The molecule has 0 aromatic rings. The Kier molecular flexibility index (Phi) is 1.25. The van der Waals surface area contributed by atoms with E-state index in [9.17, 15) is 0 Å². The lowest BCUT2D eigenvalue weighted by atomic mass is 9.81. The summed E-state index contributed by atoms with van der Waals surface area (Å²) >= 11 is 0. The van der Waals surface area contributed by atoms with Crippen LogP contribution in [0.3, 0.4) is 0 Å². The zero-order chi connectivity index (χ0) is 8.11. The molecule has 2 heteroatoms. The summed E-state index contributed by atoms with van der Waals surface area (Å²) < 4.78 is 5.78. The van der Waals surface area contributed by atoms with E-state index in [1.54, 1.807) is 0 Å². The maximum absolute atomic E-state index is 9.05. The van der Waals surface area contributed by atoms with E-state index in [2.05, 4.69) is 19.1 Å². The fraction of sp³-hybridized carbons (Fsp3) is 0.778. The minimum absolute atomic E-state index is 0.0951. The fourth-order valence-electron chi connectivity index (χ4n) is 2.18. The van der Waals surface area contributed by atoms with Gasteiger partial charge in [0.2, 0.25) is 0 Å². The number of hydrogen-bond acceptors (Lipinski definition) is 2. The van der Waals surface area contributed by atoms with Gasteiger partial charge in [0.1, 0.15) is 0 Å². The number of aliphatic hydroxyl groups is 1. The number of rotatable bonds is 1. The van der Waals surface area contributed by atoms with Crippen molar-refractivity contribution >= 4 is 0 Å². The lowest BCUT2D eigenvalue weighted by Gasteiger charge is -2.23. The largest absolute Gasteiger partial charge is 0.396 e. The van der Waals surface area contributed by atoms with Gasteiger partial charge in [-0.2, -0.15) is 0 Å². The van der Waals surface area contributed by atoms with Crippen LogP contribution in [0.5, 0.6) is 0 Å². The van der Waals surface area contributed by atoms with Crippen molar-refractivity contribution in [2.45, 2.75) is 31.5 Å². The van der Waals surface area contributed by atoms with E-state index in [0.29, 0.717) is 0 Å². The van der Waals surface area contributed by atoms with E-state index in [1.165, 1.54) is 0 Å². The first-order valence-corrected chi connectivity index (χ1v) is 4.09. The van der Waals surface area contributed by atoms with Crippen molar-refractivity contribution in [1.82, 2.24) is 0 Å². The third-order valence-electron chi connectivity index (χ3n) is 2.90. The Balaban J connectivity index is 2.30. The standard InChI is InChI=1S/C9H14O2/c1-8-3-4-9(2,11-8)7(5-8)6-10/h3-4,7,10H,5-6H2,1-2H3/t7-,8+,9-/m0/s1. The first kappa shape index (κ1) is 7.32. The molecule has 2 rings (SSSR count). The van der Waals surface area contributed by atoms with E-state index in [4.69, 9.17) is 9.84 Å². The molecule has 0 aromatic heterocycles. The van der Waals surface area contributed by atoms with Gasteiger partial charge in [-0.15, -0.1) is 0 Å². The second kappa shape index (κ2) is 1.87. The van der Waals surface area contributed by atoms with Gasteiger partial charge in [-0.25, -0.2) is 0 Å². The predicted octanol–water partition coefficient (Wildman–Crippen LogP) is 1.10. The van der Waals surface area contributed by atoms with Crippen molar-refractivity contribution in [3.05, 3.63) is 12.2 Å². The zero-order valence-corrected chi connectivity index (χ0v) is 7.00. The normalized spacial score (nSPS) is 53.9. The van der Waals surface area contributed by atoms with Crippen LogP contribution in [0.15, 0.2) is 12.2 Å². The van der Waals surface area contributed by atoms with Gasteiger partial charge in [0.15, 0.2) is 0 Å². The smallest absolute Gasteiger partial charge is 0.0898 e. The molecule has 0 spiro atoms. The highest BCUT2D eigenvalue weighted by Crippen LogP contribution is 2.48. The Labute approximate surface area is 66.9 Å². The summed E-state index contributed by atoms with van der Waals surface area (Å²) in [6.07, 6.45) is 5.15. The molecular formula is C9H14O2. The maximum Gasteiger partial charge on any atom is 0.0898 e. The summed E-state index contributed by atoms with van der Waals surface area (Å²) in [5, 5.41) is 9.05. The molecule has 62 valence electrons. The van der Waals surface area contributed by atoms with Crippen LogP contribution in [0, 0.1) is 5.92 Å². The van der Waals surface area contributed by atoms with Crippen LogP contribution in [0.4, 0.5) is 0 Å². The van der Waals surface area contributed by atoms with Crippen molar-refractivity contribution in [3.8, 4) is 0 Å². The van der Waals surface area contributed by atoms with E-state index < -0.39 is 0 Å².